The van der Waals surface area contributed by atoms with E-state index in [1.807, 2.05) is 18.2 Å². The molecule has 1 amide bonds. The van der Waals surface area contributed by atoms with Crippen molar-refractivity contribution in [2.75, 3.05) is 19.7 Å². The molecule has 2 aromatic rings. The van der Waals surface area contributed by atoms with Gasteiger partial charge in [-0.05, 0) is 24.1 Å². The van der Waals surface area contributed by atoms with Gasteiger partial charge in [-0.3, -0.25) is 14.4 Å². The number of rotatable bonds is 5. The number of para-hydroxylation sites is 2. The zero-order valence-electron chi connectivity index (χ0n) is 15.9. The van der Waals surface area contributed by atoms with E-state index in [0.717, 1.165) is 31.9 Å². The Balaban J connectivity index is 1.32. The fraction of sp³-hybridized carbons (Fsp3) is 0.500. The molecule has 1 N–H and O–H groups in total. The lowest BCUT2D eigenvalue weighted by atomic mass is 10.2. The predicted molar refractivity (Wildman–Crippen MR) is 101 cm³/mol. The lowest BCUT2D eigenvalue weighted by Crippen LogP contribution is -2.43. The van der Waals surface area contributed by atoms with Crippen LogP contribution in [0.25, 0.3) is 0 Å². The Kier molecular flexibility index (Phi) is 5.03. The highest BCUT2D eigenvalue weighted by Gasteiger charge is 2.27. The first kappa shape index (κ1) is 17.9. The largest absolute Gasteiger partial charge is 0.485 e. The SMILES string of the molecule is CC(C)CN1CCn2nc(CNC(=O)[C@@H]3COc4ccccc4O3)cc2C1. The van der Waals surface area contributed by atoms with Gasteiger partial charge in [0.15, 0.2) is 11.5 Å². The maximum absolute atomic E-state index is 12.4. The number of amides is 1. The molecule has 1 aromatic carbocycles. The minimum atomic E-state index is -0.640. The summed E-state index contributed by atoms with van der Waals surface area (Å²) in [5.41, 5.74) is 2.08. The summed E-state index contributed by atoms with van der Waals surface area (Å²) in [6.07, 6.45) is -0.640. The first-order chi connectivity index (χ1) is 13.1. The van der Waals surface area contributed by atoms with Crippen molar-refractivity contribution in [1.82, 2.24) is 20.0 Å². The van der Waals surface area contributed by atoms with Crippen LogP contribution < -0.4 is 14.8 Å². The first-order valence-corrected chi connectivity index (χ1v) is 9.52. The third kappa shape index (κ3) is 4.08. The van der Waals surface area contributed by atoms with Crippen LogP contribution >= 0.6 is 0 Å². The topological polar surface area (TPSA) is 68.6 Å². The monoisotopic (exact) mass is 370 g/mol. The van der Waals surface area contributed by atoms with Crippen LogP contribution in [-0.2, 0) is 24.4 Å². The number of carbonyl (C=O) groups excluding carboxylic acids is 1. The van der Waals surface area contributed by atoms with Crippen LogP contribution in [0, 0.1) is 5.92 Å². The summed E-state index contributed by atoms with van der Waals surface area (Å²) in [5, 5.41) is 7.54. The van der Waals surface area contributed by atoms with Crippen molar-refractivity contribution in [3.8, 4) is 11.5 Å². The fourth-order valence-corrected chi connectivity index (χ4v) is 3.58. The van der Waals surface area contributed by atoms with Crippen molar-refractivity contribution >= 4 is 5.91 Å². The van der Waals surface area contributed by atoms with Crippen LogP contribution in [0.3, 0.4) is 0 Å². The van der Waals surface area contributed by atoms with Crippen LogP contribution in [0.15, 0.2) is 30.3 Å². The van der Waals surface area contributed by atoms with E-state index in [-0.39, 0.29) is 12.5 Å². The van der Waals surface area contributed by atoms with Crippen molar-refractivity contribution in [3.63, 3.8) is 0 Å². The quantitative estimate of drug-likeness (QED) is 0.869. The van der Waals surface area contributed by atoms with Gasteiger partial charge < -0.3 is 14.8 Å². The van der Waals surface area contributed by atoms with E-state index >= 15 is 0 Å². The molecule has 2 aliphatic heterocycles. The third-order valence-electron chi connectivity index (χ3n) is 4.80. The molecule has 0 aliphatic carbocycles. The van der Waals surface area contributed by atoms with E-state index in [4.69, 9.17) is 9.47 Å². The summed E-state index contributed by atoms with van der Waals surface area (Å²) in [6.45, 7) is 9.01. The molecule has 2 aliphatic rings. The Hall–Kier alpha value is -2.54. The Morgan fingerprint density at radius 1 is 1.30 bits per heavy atom. The molecule has 4 rings (SSSR count). The van der Waals surface area contributed by atoms with E-state index in [2.05, 4.69) is 39.9 Å². The Morgan fingerprint density at radius 2 is 2.11 bits per heavy atom. The lowest BCUT2D eigenvalue weighted by molar-refractivity contribution is -0.130. The fourth-order valence-electron chi connectivity index (χ4n) is 3.58. The summed E-state index contributed by atoms with van der Waals surface area (Å²) < 4.78 is 13.4. The highest BCUT2D eigenvalue weighted by Crippen LogP contribution is 2.30. The number of nitrogens with one attached hydrogen (secondary N) is 1. The van der Waals surface area contributed by atoms with Crippen LogP contribution in [0.2, 0.25) is 0 Å². The average Bonchev–Trinajstić information content (AvgIpc) is 3.07. The number of hydrogen-bond acceptors (Lipinski definition) is 5. The maximum atomic E-state index is 12.4. The molecule has 0 bridgehead atoms. The molecule has 0 fully saturated rings. The van der Waals surface area contributed by atoms with Crippen LogP contribution in [-0.4, -0.2) is 46.4 Å². The van der Waals surface area contributed by atoms with Gasteiger partial charge in [-0.15, -0.1) is 0 Å². The maximum Gasteiger partial charge on any atom is 0.265 e. The van der Waals surface area contributed by atoms with Crippen molar-refractivity contribution in [1.29, 1.82) is 0 Å². The molecule has 7 nitrogen and oxygen atoms in total. The average molecular weight is 370 g/mol. The molecule has 0 saturated carbocycles. The Labute approximate surface area is 159 Å². The predicted octanol–water partition coefficient (Wildman–Crippen LogP) is 1.81. The van der Waals surface area contributed by atoms with Gasteiger partial charge in [-0.25, -0.2) is 0 Å². The highest BCUT2D eigenvalue weighted by atomic mass is 16.6. The number of aromatic nitrogens is 2. The van der Waals surface area contributed by atoms with Crippen LogP contribution in [0.5, 0.6) is 11.5 Å². The molecular weight excluding hydrogens is 344 g/mol. The molecule has 0 unspecified atom stereocenters. The number of nitrogens with zero attached hydrogens (tertiary/aromatic N) is 3. The summed E-state index contributed by atoms with van der Waals surface area (Å²) >= 11 is 0. The second-order valence-electron chi connectivity index (χ2n) is 7.56. The second-order valence-corrected chi connectivity index (χ2v) is 7.56. The summed E-state index contributed by atoms with van der Waals surface area (Å²) in [6, 6.07) is 9.47. The van der Waals surface area contributed by atoms with Crippen LogP contribution in [0.4, 0.5) is 0 Å². The summed E-state index contributed by atoms with van der Waals surface area (Å²) in [5.74, 6) is 1.75. The van der Waals surface area contributed by atoms with E-state index in [1.165, 1.54) is 5.69 Å². The highest BCUT2D eigenvalue weighted by molar-refractivity contribution is 5.81. The first-order valence-electron chi connectivity index (χ1n) is 9.52. The van der Waals surface area contributed by atoms with Gasteiger partial charge in [0.2, 0.25) is 6.10 Å². The number of benzene rings is 1. The van der Waals surface area contributed by atoms with Gasteiger partial charge in [0, 0.05) is 19.6 Å². The summed E-state index contributed by atoms with van der Waals surface area (Å²) in [4.78, 5) is 14.9. The molecule has 1 aromatic heterocycles. The van der Waals surface area contributed by atoms with E-state index in [0.29, 0.717) is 24.0 Å². The molecule has 0 saturated heterocycles. The van der Waals surface area contributed by atoms with Crippen LogP contribution in [0.1, 0.15) is 25.2 Å². The van der Waals surface area contributed by atoms with Gasteiger partial charge in [0.25, 0.3) is 5.91 Å². The molecule has 27 heavy (non-hydrogen) atoms. The van der Waals surface area contributed by atoms with Gasteiger partial charge in [-0.1, -0.05) is 26.0 Å². The molecular formula is C20H26N4O3. The van der Waals surface area contributed by atoms with Gasteiger partial charge >= 0.3 is 0 Å². The van der Waals surface area contributed by atoms with Crippen molar-refractivity contribution in [2.24, 2.45) is 5.92 Å². The molecule has 3 heterocycles. The number of carbonyl (C=O) groups is 1. The Bertz CT molecular complexity index is 817. The standard InChI is InChI=1S/C20H26N4O3/c1-14(2)11-23-7-8-24-16(12-23)9-15(22-24)10-21-20(25)19-13-26-17-5-3-4-6-18(17)27-19/h3-6,9,14,19H,7-8,10-13H2,1-2H3,(H,21,25)/t19-/m0/s1. The van der Waals surface area contributed by atoms with E-state index < -0.39 is 6.10 Å². The zero-order valence-corrected chi connectivity index (χ0v) is 15.9. The molecule has 1 atom stereocenters. The van der Waals surface area contributed by atoms with Crippen molar-refractivity contribution in [3.05, 3.63) is 41.7 Å². The number of hydrogen-bond donors (Lipinski definition) is 1. The molecule has 0 radical (unpaired) electrons. The lowest BCUT2D eigenvalue weighted by Gasteiger charge is -2.28. The van der Waals surface area contributed by atoms with E-state index in [9.17, 15) is 4.79 Å². The van der Waals surface area contributed by atoms with Gasteiger partial charge in [-0.2, -0.15) is 5.10 Å². The molecule has 144 valence electrons. The normalized spacial score (nSPS) is 19.0. The number of fused-ring (bicyclic) bond motifs is 2. The number of ether oxygens (including phenoxy) is 2. The molecule has 0 spiro atoms. The van der Waals surface area contributed by atoms with E-state index in [1.54, 1.807) is 6.07 Å². The minimum absolute atomic E-state index is 0.183. The van der Waals surface area contributed by atoms with Gasteiger partial charge in [0.1, 0.15) is 6.61 Å². The van der Waals surface area contributed by atoms with Crippen molar-refractivity contribution < 1.29 is 14.3 Å². The second kappa shape index (κ2) is 7.60. The minimum Gasteiger partial charge on any atom is -0.485 e. The summed E-state index contributed by atoms with van der Waals surface area (Å²) in [7, 11) is 0. The molecule has 7 heteroatoms. The smallest absolute Gasteiger partial charge is 0.265 e. The van der Waals surface area contributed by atoms with Gasteiger partial charge in [0.05, 0.1) is 24.5 Å². The zero-order chi connectivity index (χ0) is 18.8. The Morgan fingerprint density at radius 3 is 2.93 bits per heavy atom. The van der Waals surface area contributed by atoms with Crippen molar-refractivity contribution in [2.45, 2.75) is 39.6 Å². The third-order valence-corrected chi connectivity index (χ3v) is 4.80.